The number of anilines is 1. The maximum atomic E-state index is 12.3. The van der Waals surface area contributed by atoms with Gasteiger partial charge in [-0.25, -0.2) is 4.98 Å². The molecule has 0 saturated carbocycles. The summed E-state index contributed by atoms with van der Waals surface area (Å²) in [7, 11) is 0. The first-order valence-electron chi connectivity index (χ1n) is 6.34. The third kappa shape index (κ3) is 4.51. The van der Waals surface area contributed by atoms with Crippen LogP contribution in [-0.4, -0.2) is 22.1 Å². The number of carbonyl (C=O) groups is 1. The van der Waals surface area contributed by atoms with Crippen LogP contribution in [0.1, 0.15) is 24.2 Å². The molecule has 1 heterocycles. The van der Waals surface area contributed by atoms with E-state index in [-0.39, 0.29) is 17.1 Å². The number of thiazole rings is 1. The lowest BCUT2D eigenvalue weighted by molar-refractivity contribution is 0.0972. The molecule has 0 bridgehead atoms. The van der Waals surface area contributed by atoms with Gasteiger partial charge in [0.05, 0.1) is 11.7 Å². The second-order valence-corrected chi connectivity index (χ2v) is 5.71. The van der Waals surface area contributed by atoms with Gasteiger partial charge in [0, 0.05) is 11.6 Å². The zero-order valence-corrected chi connectivity index (χ0v) is 13.3. The van der Waals surface area contributed by atoms with Crippen LogP contribution in [0.4, 0.5) is 5.13 Å². The molecule has 0 radical (unpaired) electrons. The lowest BCUT2D eigenvalue weighted by atomic mass is 10.2. The van der Waals surface area contributed by atoms with E-state index in [4.69, 9.17) is 17.0 Å². The standard InChI is InChI=1S/C14H15N3O2S2/c1-9(2)19-11-6-4-3-5-10(11)12(18)16-13(20)17-14-15-7-8-21-14/h3-9H,1-2H3,(H2,15,16,17,18,20). The van der Waals surface area contributed by atoms with Crippen molar-refractivity contribution in [1.82, 2.24) is 10.3 Å². The minimum absolute atomic E-state index is 0.0145. The van der Waals surface area contributed by atoms with Crippen LogP contribution in [0.3, 0.4) is 0 Å². The minimum atomic E-state index is -0.319. The van der Waals surface area contributed by atoms with Crippen LogP contribution in [0.25, 0.3) is 0 Å². The highest BCUT2D eigenvalue weighted by Crippen LogP contribution is 2.19. The van der Waals surface area contributed by atoms with Gasteiger partial charge >= 0.3 is 0 Å². The first kappa shape index (κ1) is 15.4. The van der Waals surface area contributed by atoms with Crippen molar-refractivity contribution in [3.05, 3.63) is 41.4 Å². The summed E-state index contributed by atoms with van der Waals surface area (Å²) in [6.45, 7) is 3.81. The Morgan fingerprint density at radius 2 is 2.14 bits per heavy atom. The van der Waals surface area contributed by atoms with E-state index in [9.17, 15) is 4.79 Å². The molecule has 1 aromatic carbocycles. The lowest BCUT2D eigenvalue weighted by Crippen LogP contribution is -2.34. The van der Waals surface area contributed by atoms with Crippen molar-refractivity contribution in [3.63, 3.8) is 0 Å². The normalized spacial score (nSPS) is 10.2. The third-order valence-corrected chi connectivity index (χ3v) is 3.27. The van der Waals surface area contributed by atoms with Crippen LogP contribution >= 0.6 is 23.6 Å². The maximum Gasteiger partial charge on any atom is 0.261 e. The van der Waals surface area contributed by atoms with E-state index < -0.39 is 0 Å². The molecule has 0 unspecified atom stereocenters. The third-order valence-electron chi connectivity index (χ3n) is 2.37. The summed E-state index contributed by atoms with van der Waals surface area (Å²) in [4.78, 5) is 16.3. The van der Waals surface area contributed by atoms with Gasteiger partial charge < -0.3 is 10.1 Å². The average Bonchev–Trinajstić information content (AvgIpc) is 2.91. The van der Waals surface area contributed by atoms with Crippen molar-refractivity contribution < 1.29 is 9.53 Å². The molecular formula is C14H15N3O2S2. The van der Waals surface area contributed by atoms with E-state index in [2.05, 4.69) is 15.6 Å². The van der Waals surface area contributed by atoms with E-state index in [1.54, 1.807) is 24.4 Å². The van der Waals surface area contributed by atoms with Gasteiger partial charge in [-0.3, -0.25) is 10.1 Å². The molecule has 0 atom stereocenters. The van der Waals surface area contributed by atoms with Gasteiger partial charge in [0.1, 0.15) is 5.75 Å². The highest BCUT2D eigenvalue weighted by molar-refractivity contribution is 7.80. The van der Waals surface area contributed by atoms with Gasteiger partial charge in [-0.2, -0.15) is 0 Å². The first-order valence-corrected chi connectivity index (χ1v) is 7.62. The van der Waals surface area contributed by atoms with Gasteiger partial charge in [0.2, 0.25) is 0 Å². The molecule has 0 saturated heterocycles. The largest absolute Gasteiger partial charge is 0.490 e. The number of nitrogens with one attached hydrogen (secondary N) is 2. The minimum Gasteiger partial charge on any atom is -0.490 e. The SMILES string of the molecule is CC(C)Oc1ccccc1C(=O)NC(=S)Nc1nccs1. The molecule has 2 N–H and O–H groups in total. The number of thiocarbonyl (C=S) groups is 1. The Hall–Kier alpha value is -1.99. The first-order chi connectivity index (χ1) is 10.1. The van der Waals surface area contributed by atoms with Crippen molar-refractivity contribution in [2.24, 2.45) is 0 Å². The van der Waals surface area contributed by atoms with Crippen LogP contribution in [0, 0.1) is 0 Å². The fourth-order valence-corrected chi connectivity index (χ4v) is 2.38. The van der Waals surface area contributed by atoms with Crippen molar-refractivity contribution in [2.45, 2.75) is 20.0 Å². The van der Waals surface area contributed by atoms with Crippen molar-refractivity contribution in [2.75, 3.05) is 5.32 Å². The molecule has 0 fully saturated rings. The van der Waals surface area contributed by atoms with E-state index in [1.165, 1.54) is 11.3 Å². The molecule has 0 aliphatic rings. The molecule has 2 rings (SSSR count). The summed E-state index contributed by atoms with van der Waals surface area (Å²) in [6.07, 6.45) is 1.64. The summed E-state index contributed by atoms with van der Waals surface area (Å²) in [6, 6.07) is 7.05. The van der Waals surface area contributed by atoms with Crippen LogP contribution in [0.2, 0.25) is 0 Å². The molecule has 21 heavy (non-hydrogen) atoms. The topological polar surface area (TPSA) is 63.2 Å². The van der Waals surface area contributed by atoms with Crippen LogP contribution in [0.15, 0.2) is 35.8 Å². The Kier molecular flexibility index (Phi) is 5.24. The number of amides is 1. The smallest absolute Gasteiger partial charge is 0.261 e. The van der Waals surface area contributed by atoms with Crippen LogP contribution < -0.4 is 15.4 Å². The second-order valence-electron chi connectivity index (χ2n) is 4.41. The van der Waals surface area contributed by atoms with E-state index in [1.807, 2.05) is 25.3 Å². The fraction of sp³-hybridized carbons (Fsp3) is 0.214. The average molecular weight is 321 g/mol. The van der Waals surface area contributed by atoms with E-state index in [0.717, 1.165) is 0 Å². The maximum absolute atomic E-state index is 12.3. The van der Waals surface area contributed by atoms with Crippen LogP contribution in [-0.2, 0) is 0 Å². The number of hydrogen-bond acceptors (Lipinski definition) is 5. The molecule has 1 aromatic heterocycles. The molecule has 0 aliphatic carbocycles. The summed E-state index contributed by atoms with van der Waals surface area (Å²) in [5, 5.41) is 8.12. The molecule has 110 valence electrons. The highest BCUT2D eigenvalue weighted by atomic mass is 32.1. The Balaban J connectivity index is 2.04. The quantitative estimate of drug-likeness (QED) is 0.848. The van der Waals surface area contributed by atoms with Crippen molar-refractivity contribution in [1.29, 1.82) is 0 Å². The van der Waals surface area contributed by atoms with Gasteiger partial charge in [0.15, 0.2) is 10.2 Å². The lowest BCUT2D eigenvalue weighted by Gasteiger charge is -2.14. The summed E-state index contributed by atoms with van der Waals surface area (Å²) in [5.74, 6) is 0.211. The Labute approximate surface area is 132 Å². The Bertz CT molecular complexity index is 627. The van der Waals surface area contributed by atoms with Gasteiger partial charge in [-0.1, -0.05) is 12.1 Å². The summed E-state index contributed by atoms with van der Waals surface area (Å²) < 4.78 is 5.62. The zero-order valence-electron chi connectivity index (χ0n) is 11.6. The number of benzene rings is 1. The predicted molar refractivity (Wildman–Crippen MR) is 88.0 cm³/mol. The molecule has 0 aliphatic heterocycles. The highest BCUT2D eigenvalue weighted by Gasteiger charge is 2.14. The Morgan fingerprint density at radius 1 is 1.38 bits per heavy atom. The van der Waals surface area contributed by atoms with Gasteiger partial charge in [0.25, 0.3) is 5.91 Å². The van der Waals surface area contributed by atoms with Gasteiger partial charge in [-0.05, 0) is 38.2 Å². The number of rotatable bonds is 4. The van der Waals surface area contributed by atoms with Crippen molar-refractivity contribution >= 4 is 39.7 Å². The molecule has 0 spiro atoms. The second kappa shape index (κ2) is 7.14. The molecule has 1 amide bonds. The number of aromatic nitrogens is 1. The van der Waals surface area contributed by atoms with E-state index in [0.29, 0.717) is 16.4 Å². The molecular weight excluding hydrogens is 306 g/mol. The number of carbonyl (C=O) groups excluding carboxylic acids is 1. The summed E-state index contributed by atoms with van der Waals surface area (Å²) >= 11 is 6.49. The summed E-state index contributed by atoms with van der Waals surface area (Å²) in [5.41, 5.74) is 0.439. The molecule has 7 heteroatoms. The number of para-hydroxylation sites is 1. The van der Waals surface area contributed by atoms with Gasteiger partial charge in [-0.15, -0.1) is 11.3 Å². The van der Waals surface area contributed by atoms with Crippen LogP contribution in [0.5, 0.6) is 5.75 Å². The monoisotopic (exact) mass is 321 g/mol. The van der Waals surface area contributed by atoms with Crippen molar-refractivity contribution in [3.8, 4) is 5.75 Å². The zero-order chi connectivity index (χ0) is 15.2. The number of hydrogen-bond donors (Lipinski definition) is 2. The van der Waals surface area contributed by atoms with E-state index >= 15 is 0 Å². The fourth-order valence-electron chi connectivity index (χ4n) is 1.59. The number of nitrogens with zero attached hydrogens (tertiary/aromatic N) is 1. The Morgan fingerprint density at radius 3 is 2.81 bits per heavy atom. The molecule has 2 aromatic rings. The molecule has 5 nitrogen and oxygen atoms in total. The predicted octanol–water partition coefficient (Wildman–Crippen LogP) is 3.06. The number of ether oxygens (including phenoxy) is 1.